The third kappa shape index (κ3) is 7.46. The van der Waals surface area contributed by atoms with Gasteiger partial charge in [0.1, 0.15) is 11.6 Å². The van der Waals surface area contributed by atoms with E-state index in [4.69, 9.17) is 9.47 Å². The van der Waals surface area contributed by atoms with E-state index >= 15 is 0 Å². The van der Waals surface area contributed by atoms with Crippen molar-refractivity contribution >= 4 is 12.0 Å². The molecule has 0 radical (unpaired) electrons. The van der Waals surface area contributed by atoms with Crippen LogP contribution in [0.4, 0.5) is 4.79 Å². The lowest BCUT2D eigenvalue weighted by Gasteiger charge is -2.63. The maximum absolute atomic E-state index is 14.1. The Hall–Kier alpha value is -2.12. The summed E-state index contributed by atoms with van der Waals surface area (Å²) in [6.45, 7) is 13.7. The second-order valence-corrected chi connectivity index (χ2v) is 16.8. The molecule has 1 unspecified atom stereocenters. The molecular formula is C39H62N2O5. The Morgan fingerprint density at radius 2 is 1.76 bits per heavy atom. The number of carbonyl (C=O) groups is 2. The summed E-state index contributed by atoms with van der Waals surface area (Å²) in [6, 6.07) is 9.14. The summed E-state index contributed by atoms with van der Waals surface area (Å²) in [5.41, 5.74) is 0.782. The Morgan fingerprint density at radius 3 is 2.48 bits per heavy atom. The second-order valence-electron chi connectivity index (χ2n) is 16.8. The third-order valence-corrected chi connectivity index (χ3v) is 13.1. The van der Waals surface area contributed by atoms with Crippen molar-refractivity contribution in [2.24, 2.45) is 46.3 Å². The fraction of sp³-hybridized carbons (Fsp3) is 0.795. The zero-order valence-electron chi connectivity index (χ0n) is 29.5. The van der Waals surface area contributed by atoms with Gasteiger partial charge in [-0.05, 0) is 137 Å². The van der Waals surface area contributed by atoms with E-state index in [9.17, 15) is 14.7 Å². The highest BCUT2D eigenvalue weighted by molar-refractivity contribution is 5.86. The minimum Gasteiger partial charge on any atom is -0.444 e. The maximum Gasteiger partial charge on any atom is 0.408 e. The smallest absolute Gasteiger partial charge is 0.408 e. The van der Waals surface area contributed by atoms with Gasteiger partial charge in [-0.15, -0.1) is 0 Å². The van der Waals surface area contributed by atoms with Crippen molar-refractivity contribution in [3.63, 3.8) is 0 Å². The van der Waals surface area contributed by atoms with Crippen LogP contribution in [0.25, 0.3) is 0 Å². The summed E-state index contributed by atoms with van der Waals surface area (Å²) >= 11 is 0. The van der Waals surface area contributed by atoms with Crippen molar-refractivity contribution in [2.45, 2.75) is 136 Å². The Balaban J connectivity index is 1.31. The molecule has 4 saturated carbocycles. The van der Waals surface area contributed by atoms with Crippen LogP contribution in [-0.4, -0.2) is 48.0 Å². The molecular weight excluding hydrogens is 576 g/mol. The van der Waals surface area contributed by atoms with E-state index in [-0.39, 0.29) is 24.0 Å². The lowest BCUT2D eigenvalue weighted by Crippen LogP contribution is -2.63. The highest BCUT2D eigenvalue weighted by Crippen LogP contribution is 2.68. The number of ether oxygens (including phenoxy) is 2. The Kier molecular flexibility index (Phi) is 11.1. The number of nitrogens with one attached hydrogen (secondary N) is 2. The molecule has 2 amide bonds. The van der Waals surface area contributed by atoms with Gasteiger partial charge in [0.05, 0.1) is 13.2 Å². The van der Waals surface area contributed by atoms with Crippen molar-refractivity contribution in [1.82, 2.24) is 10.6 Å². The van der Waals surface area contributed by atoms with Gasteiger partial charge in [-0.3, -0.25) is 4.79 Å². The fourth-order valence-electron chi connectivity index (χ4n) is 10.9. The minimum atomic E-state index is -0.840. The average molecular weight is 639 g/mol. The predicted octanol–water partition coefficient (Wildman–Crippen LogP) is 7.65. The number of amides is 2. The third-order valence-electron chi connectivity index (χ3n) is 13.1. The molecule has 5 rings (SSSR count). The molecule has 4 aliphatic carbocycles. The standard InChI is InChI=1S/C39H62N2O5/c1-26(12-11-23-42)30-19-20-31-29-18-17-28-15-10-16-34(39(28,6)32(29)21-22-38(30,31)5)41-35(43)33(40-36(44)46-37(2,3)4)25-45-24-27-13-8-7-9-14-27/h7-9,13-14,26,28-34,42H,10-12,15-25H2,1-6H3,(H,40,44)(H,41,43)/t26-,28+,29+,30-,31+,32+,33+,34?,38-,39+/m1/s1. The number of fused-ring (bicyclic) bond motifs is 5. The van der Waals surface area contributed by atoms with Crippen LogP contribution < -0.4 is 10.6 Å². The summed E-state index contributed by atoms with van der Waals surface area (Å²) in [5, 5.41) is 15.8. The topological polar surface area (TPSA) is 96.9 Å². The van der Waals surface area contributed by atoms with Gasteiger partial charge in [0.25, 0.3) is 0 Å². The SMILES string of the molecule is C[C@H](CCCO)[C@H]1CC[C@H]2[C@@H]3CC[C@@H]4CCCC(NC(=O)[C@H](COCc5ccccc5)NC(=O)OC(C)(C)C)[C@]4(C)[C@H]3CC[C@]12C. The van der Waals surface area contributed by atoms with Gasteiger partial charge in [0, 0.05) is 12.6 Å². The van der Waals surface area contributed by atoms with Gasteiger partial charge in [-0.2, -0.15) is 0 Å². The van der Waals surface area contributed by atoms with Crippen LogP contribution >= 0.6 is 0 Å². The molecule has 4 fully saturated rings. The van der Waals surface area contributed by atoms with Crippen molar-refractivity contribution < 1.29 is 24.2 Å². The number of carbonyl (C=O) groups excluding carboxylic acids is 2. The largest absolute Gasteiger partial charge is 0.444 e. The molecule has 4 aliphatic rings. The summed E-state index contributed by atoms with van der Waals surface area (Å²) in [4.78, 5) is 27.0. The molecule has 1 aromatic rings. The van der Waals surface area contributed by atoms with E-state index in [1.54, 1.807) is 0 Å². The number of alkyl carbamates (subject to hydrolysis) is 1. The van der Waals surface area contributed by atoms with Crippen molar-refractivity contribution in [2.75, 3.05) is 13.2 Å². The summed E-state index contributed by atoms with van der Waals surface area (Å²) in [6.07, 6.45) is 12.5. The van der Waals surface area contributed by atoms with Crippen molar-refractivity contribution in [1.29, 1.82) is 0 Å². The molecule has 7 nitrogen and oxygen atoms in total. The highest BCUT2D eigenvalue weighted by atomic mass is 16.6. The van der Waals surface area contributed by atoms with Crippen LogP contribution in [0, 0.1) is 46.3 Å². The highest BCUT2D eigenvalue weighted by Gasteiger charge is 2.62. The van der Waals surface area contributed by atoms with E-state index in [1.165, 1.54) is 44.9 Å². The molecule has 258 valence electrons. The fourth-order valence-corrected chi connectivity index (χ4v) is 10.9. The monoisotopic (exact) mass is 638 g/mol. The van der Waals surface area contributed by atoms with Gasteiger partial charge in [-0.25, -0.2) is 4.79 Å². The molecule has 0 saturated heterocycles. The zero-order valence-corrected chi connectivity index (χ0v) is 29.5. The van der Waals surface area contributed by atoms with Gasteiger partial charge >= 0.3 is 6.09 Å². The van der Waals surface area contributed by atoms with E-state index in [1.807, 2.05) is 51.1 Å². The molecule has 0 bridgehead atoms. The first-order valence-electron chi connectivity index (χ1n) is 18.4. The molecule has 10 atom stereocenters. The molecule has 0 aromatic heterocycles. The van der Waals surface area contributed by atoms with Crippen molar-refractivity contribution in [3.8, 4) is 0 Å². The van der Waals surface area contributed by atoms with Gasteiger partial charge in [-0.1, -0.05) is 57.5 Å². The van der Waals surface area contributed by atoms with Crippen LogP contribution in [0.5, 0.6) is 0 Å². The van der Waals surface area contributed by atoms with Gasteiger partial charge in [0.15, 0.2) is 0 Å². The minimum absolute atomic E-state index is 0.0418. The van der Waals surface area contributed by atoms with Gasteiger partial charge < -0.3 is 25.2 Å². The molecule has 3 N–H and O–H groups in total. The first-order chi connectivity index (χ1) is 21.9. The number of rotatable bonds is 11. The van der Waals surface area contributed by atoms with Crippen LogP contribution in [0.3, 0.4) is 0 Å². The number of aliphatic hydroxyl groups is 1. The van der Waals surface area contributed by atoms with E-state index < -0.39 is 17.7 Å². The lowest BCUT2D eigenvalue weighted by atomic mass is 9.43. The zero-order chi connectivity index (χ0) is 33.1. The first-order valence-corrected chi connectivity index (χ1v) is 18.4. The average Bonchev–Trinajstić information content (AvgIpc) is 3.36. The number of hydrogen-bond acceptors (Lipinski definition) is 5. The van der Waals surface area contributed by atoms with E-state index in [0.29, 0.717) is 42.3 Å². The van der Waals surface area contributed by atoms with Crippen LogP contribution in [0.15, 0.2) is 30.3 Å². The summed E-state index contributed by atoms with van der Waals surface area (Å²) < 4.78 is 11.6. The molecule has 0 spiro atoms. The van der Waals surface area contributed by atoms with Gasteiger partial charge in [0.2, 0.25) is 5.91 Å². The van der Waals surface area contributed by atoms with E-state index in [2.05, 4.69) is 31.4 Å². The molecule has 46 heavy (non-hydrogen) atoms. The van der Waals surface area contributed by atoms with Crippen LogP contribution in [-0.2, 0) is 20.9 Å². The second kappa shape index (κ2) is 14.6. The predicted molar refractivity (Wildman–Crippen MR) is 182 cm³/mol. The molecule has 0 aliphatic heterocycles. The molecule has 7 heteroatoms. The summed E-state index contributed by atoms with van der Waals surface area (Å²) in [5.74, 6) is 3.90. The Bertz CT molecular complexity index is 1170. The van der Waals surface area contributed by atoms with Crippen LogP contribution in [0.2, 0.25) is 0 Å². The quantitative estimate of drug-likeness (QED) is 0.231. The maximum atomic E-state index is 14.1. The lowest BCUT2D eigenvalue weighted by molar-refractivity contribution is -0.141. The number of aliphatic hydroxyl groups excluding tert-OH is 1. The van der Waals surface area contributed by atoms with Crippen molar-refractivity contribution in [3.05, 3.63) is 35.9 Å². The number of benzene rings is 1. The normalized spacial score (nSPS) is 35.2. The molecule has 0 heterocycles. The van der Waals surface area contributed by atoms with Crippen LogP contribution in [0.1, 0.15) is 118 Å². The summed E-state index contributed by atoms with van der Waals surface area (Å²) in [7, 11) is 0. The van der Waals surface area contributed by atoms with E-state index in [0.717, 1.165) is 43.1 Å². The molecule has 1 aromatic carbocycles. The Morgan fingerprint density at radius 1 is 1.00 bits per heavy atom. The number of hydrogen-bond donors (Lipinski definition) is 3. The first kappa shape index (κ1) is 35.2. The Labute approximate surface area is 278 Å².